The Morgan fingerprint density at radius 3 is 0.400 bits per heavy atom. The molecule has 0 aromatic heterocycles. The van der Waals surface area contributed by atoms with Crippen molar-refractivity contribution < 1.29 is 59.1 Å². The second kappa shape index (κ2) is 38.9. The van der Waals surface area contributed by atoms with Crippen LogP contribution in [0.1, 0.15) is 66.8 Å². The van der Waals surface area contributed by atoms with Crippen LogP contribution in [0.2, 0.25) is 0 Å². The molecule has 9 rings (SSSR count). The quantitative estimate of drug-likeness (QED) is 0.0614. The third kappa shape index (κ3) is 38.8. The molecule has 30 heteroatoms. The molecule has 9 aromatic carbocycles. The Kier molecular flexibility index (Phi) is 39.0. The van der Waals surface area contributed by atoms with Crippen LogP contribution >= 0.6 is 177 Å². The van der Waals surface area contributed by atoms with Crippen molar-refractivity contribution in [2.45, 2.75) is 0 Å². The molecule has 0 unspecified atom stereocenters. The van der Waals surface area contributed by atoms with Gasteiger partial charge in [0.05, 0.1) is 105 Å². The zero-order valence-corrected chi connectivity index (χ0v) is 74.1. The topological polar surface area (TPSA) is 18.5 Å². The summed E-state index contributed by atoms with van der Waals surface area (Å²) in [5, 5.41) is 0. The fourth-order valence-electron chi connectivity index (χ4n) is 8.35. The minimum atomic E-state index is -4.33. The van der Waals surface area contributed by atoms with Gasteiger partial charge in [-0.25, -0.2) is 0 Å². The average molecular weight is 2140 g/mol. The summed E-state index contributed by atoms with van der Waals surface area (Å²) in [6.07, 6.45) is 0. The van der Waals surface area contributed by atoms with E-state index in [9.17, 15) is 0 Å². The van der Waals surface area contributed by atoms with Crippen LogP contribution in [-0.4, -0.2) is 61.0 Å². The van der Waals surface area contributed by atoms with Gasteiger partial charge in [-0.1, -0.05) is 24.3 Å². The van der Waals surface area contributed by atoms with Crippen LogP contribution in [0.3, 0.4) is 0 Å². The first kappa shape index (κ1) is 90.3. The maximum absolute atomic E-state index is 5.51. The second-order valence-corrected chi connectivity index (χ2v) is 169. The van der Waals surface area contributed by atoms with Gasteiger partial charge in [0.1, 0.15) is 11.5 Å². The van der Waals surface area contributed by atoms with Crippen molar-refractivity contribution >= 4 is 223 Å². The van der Waals surface area contributed by atoms with Crippen LogP contribution in [0.4, 0.5) is 0 Å². The third-order valence-corrected chi connectivity index (χ3v) is 11.4. The summed E-state index contributed by atoms with van der Waals surface area (Å²) < 4.78 is 11.0. The van der Waals surface area contributed by atoms with Crippen LogP contribution in [-0.2, 0) is 0 Å². The standard InChI is InChI=1S/C60H46O2.24ClH.4Sb/c1-61-55-39-35-53(36-40-55)58(45-19-11-5-12-20-45)48-25-31-51(32-26-48)60(50-29-23-47(24-30-50)57(43-15-7-3-8-16-43)44-17-9-4-10-18-44)52-33-27-49(28-34-52)59(46-21-13-6-14-22-46)54-37-41-56(62-2)42-38-54;;;;;;;;;;;;;;;;;;;;;;;;;;;;/h3-42H,1-2H3;24*1H;;;;/q+4;;;;;;;;;;;;;;;;;;;;;;;;;4*+5/p-24. The van der Waals surface area contributed by atoms with E-state index < -0.39 is 46.8 Å². The Labute approximate surface area is 630 Å². The van der Waals surface area contributed by atoms with E-state index in [2.05, 4.69) is 218 Å². The Bertz CT molecular complexity index is 3190. The number of halogens is 24. The summed E-state index contributed by atoms with van der Waals surface area (Å²) in [5.74, 6) is 6.38. The molecule has 0 fully saturated rings. The van der Waals surface area contributed by atoms with Crippen molar-refractivity contribution in [1.29, 1.82) is 0 Å². The first-order valence-electron chi connectivity index (χ1n) is 24.4. The first-order valence-corrected chi connectivity index (χ1v) is 89.0. The number of hydrogen-bond donors (Lipinski definition) is 0. The summed E-state index contributed by atoms with van der Waals surface area (Å²) in [7, 11) is 104. The van der Waals surface area contributed by atoms with Gasteiger partial charge in [-0.2, -0.15) is 0 Å². The van der Waals surface area contributed by atoms with Gasteiger partial charge >= 0.3 is 223 Å². The van der Waals surface area contributed by atoms with E-state index in [1.807, 2.05) is 24.3 Å². The molecule has 2 nitrogen and oxygen atoms in total. The fourth-order valence-corrected chi connectivity index (χ4v) is 8.35. The van der Waals surface area contributed by atoms with Gasteiger partial charge in [-0.3, -0.25) is 0 Å². The van der Waals surface area contributed by atoms with Crippen LogP contribution in [0.5, 0.6) is 11.5 Å². The van der Waals surface area contributed by atoms with E-state index in [1.54, 1.807) is 14.2 Å². The number of benzene rings is 9. The molecule has 0 amide bonds. The van der Waals surface area contributed by atoms with Gasteiger partial charge in [-0.05, 0) is 121 Å². The predicted octanol–water partition coefficient (Wildman–Crippen LogP) is 14.1. The predicted molar refractivity (Wildman–Crippen MR) is 393 cm³/mol. The minimum absolute atomic E-state index is 0. The average Bonchev–Trinajstić information content (AvgIpc) is 0.889. The number of rotatable bonds is 14. The Morgan fingerprint density at radius 1 is 0.189 bits per heavy atom. The molecule has 0 N–H and O–H groups in total. The van der Waals surface area contributed by atoms with E-state index in [-0.39, 0.29) is 49.6 Å². The normalized spacial score (nSPS) is 12.5. The summed E-state index contributed by atoms with van der Waals surface area (Å²) in [5.41, 5.74) is 13.8. The van der Waals surface area contributed by atoms with Gasteiger partial charge in [-0.15, -0.1) is 0 Å². The molecular weight excluding hydrogens is 2090 g/mol. The fraction of sp³-hybridized carbons (Fsp3) is 0.0333. The summed E-state index contributed by atoms with van der Waals surface area (Å²) in [6.45, 7) is 0. The molecule has 0 saturated heterocycles. The van der Waals surface area contributed by atoms with Crippen LogP contribution < -0.4 is 59.1 Å². The molecule has 0 heterocycles. The molecular formula is C60H46Cl24O2Sb4. The summed E-state index contributed by atoms with van der Waals surface area (Å²) >= 11 is -17.3. The van der Waals surface area contributed by atoms with Crippen LogP contribution in [0, 0.1) is 23.7 Å². The number of hydrogen-bond acceptors (Lipinski definition) is 2. The van der Waals surface area contributed by atoms with E-state index in [0.717, 1.165) is 67.5 Å². The zero-order valence-electron chi connectivity index (χ0n) is 45.8. The summed E-state index contributed by atoms with van der Waals surface area (Å²) in [4.78, 5) is 0. The van der Waals surface area contributed by atoms with E-state index in [0.29, 0.717) is 0 Å². The molecule has 0 bridgehead atoms. The molecule has 0 atom stereocenters. The molecule has 9 aromatic rings. The Morgan fingerprint density at radius 2 is 0.289 bits per heavy atom. The molecule has 0 aliphatic rings. The van der Waals surface area contributed by atoms with Crippen molar-refractivity contribution in [2.75, 3.05) is 14.2 Å². The van der Waals surface area contributed by atoms with E-state index >= 15 is 0 Å². The Balaban J connectivity index is 0.00000123. The van der Waals surface area contributed by atoms with Gasteiger partial charge in [0.25, 0.3) is 0 Å². The summed E-state index contributed by atoms with van der Waals surface area (Å²) in [6, 6.07) is 86.4. The van der Waals surface area contributed by atoms with Gasteiger partial charge in [0, 0.05) is 97.1 Å². The number of ether oxygens (including phenoxy) is 2. The zero-order chi connectivity index (χ0) is 63.9. The molecule has 486 valence electrons. The van der Waals surface area contributed by atoms with Crippen molar-refractivity contribution in [3.05, 3.63) is 333 Å². The molecule has 0 saturated carbocycles. The molecule has 0 aliphatic carbocycles. The van der Waals surface area contributed by atoms with Crippen molar-refractivity contribution in [3.8, 4) is 11.5 Å². The molecule has 90 heavy (non-hydrogen) atoms. The van der Waals surface area contributed by atoms with Crippen molar-refractivity contribution in [3.63, 3.8) is 0 Å². The molecule has 0 aliphatic heterocycles. The number of methoxy groups -OCH3 is 2. The van der Waals surface area contributed by atoms with E-state index in [4.69, 9.17) is 186 Å². The van der Waals surface area contributed by atoms with Crippen LogP contribution in [0.15, 0.2) is 243 Å². The van der Waals surface area contributed by atoms with Gasteiger partial charge in [0.2, 0.25) is 0 Å². The van der Waals surface area contributed by atoms with Gasteiger partial charge < -0.3 is 59.1 Å². The Hall–Kier alpha value is 2.29. The molecule has 0 spiro atoms. The second-order valence-electron chi connectivity index (χ2n) is 17.7. The first-order chi connectivity index (χ1) is 39.6. The van der Waals surface area contributed by atoms with Gasteiger partial charge in [0.15, 0.2) is 0 Å². The SMILES string of the molecule is COc1ccc([C+](c2ccccc2)c2ccc([C+](c3ccc([C+](c4ccccc4)c4ccccc4)cc3)c3ccc([C+](c4ccccc4)c4ccc(OC)cc4)cc3)cc2)cc1.[Cl-].[Cl-].[Cl-].[Cl-].[Cl][Sb]([Cl])([Cl])([Cl])[Cl].[Cl][Sb]([Cl])([Cl])([Cl])[Cl].[Cl][Sb]([Cl])([Cl])([Cl])[Cl].[Cl][Sb]([Cl])([Cl])([Cl])[Cl]. The molecule has 0 radical (unpaired) electrons. The third-order valence-electron chi connectivity index (χ3n) is 11.4. The van der Waals surface area contributed by atoms with Crippen LogP contribution in [0.25, 0.3) is 0 Å². The van der Waals surface area contributed by atoms with Crippen molar-refractivity contribution in [1.82, 2.24) is 0 Å². The van der Waals surface area contributed by atoms with E-state index in [1.165, 1.54) is 34.4 Å². The van der Waals surface area contributed by atoms with Crippen molar-refractivity contribution in [2.24, 2.45) is 0 Å². The maximum atomic E-state index is 5.51. The monoisotopic (exact) mass is 2120 g/mol.